The van der Waals surface area contributed by atoms with Crippen molar-refractivity contribution in [3.8, 4) is 6.07 Å². The summed E-state index contributed by atoms with van der Waals surface area (Å²) in [6.07, 6.45) is 1.00. The third-order valence-corrected chi connectivity index (χ3v) is 4.41. The molecule has 1 aliphatic rings. The summed E-state index contributed by atoms with van der Waals surface area (Å²) < 4.78 is 24.2. The average Bonchev–Trinajstić information content (AvgIpc) is 2.47. The quantitative estimate of drug-likeness (QED) is 0.799. The summed E-state index contributed by atoms with van der Waals surface area (Å²) >= 11 is 0. The highest BCUT2D eigenvalue weighted by atomic mass is 19.1. The van der Waals surface area contributed by atoms with Crippen LogP contribution in [0, 0.1) is 23.1 Å². The Kier molecular flexibility index (Phi) is 5.06. The van der Waals surface area contributed by atoms with E-state index in [1.54, 1.807) is 19.1 Å². The van der Waals surface area contributed by atoms with Crippen LogP contribution >= 0.6 is 0 Å². The molecule has 0 spiro atoms. The number of hydrogen-bond acceptors (Lipinski definition) is 4. The van der Waals surface area contributed by atoms with E-state index in [-0.39, 0.29) is 12.4 Å². The molecule has 1 aromatic carbocycles. The van der Waals surface area contributed by atoms with Gasteiger partial charge in [-0.1, -0.05) is 12.1 Å². The van der Waals surface area contributed by atoms with Crippen molar-refractivity contribution in [3.05, 3.63) is 35.6 Å². The fourth-order valence-electron chi connectivity index (χ4n) is 3.48. The molecule has 0 bridgehead atoms. The zero-order valence-electron chi connectivity index (χ0n) is 13.8. The molecule has 2 atom stereocenters. The maximum Gasteiger partial charge on any atom is 0.324 e. The first-order chi connectivity index (χ1) is 10.8. The Hall–Kier alpha value is -1.93. The van der Waals surface area contributed by atoms with Gasteiger partial charge in [0.25, 0.3) is 0 Å². The number of ether oxygens (including phenoxy) is 2. The van der Waals surface area contributed by atoms with Crippen LogP contribution in [0.15, 0.2) is 24.3 Å². The minimum atomic E-state index is -0.948. The molecule has 0 aliphatic carbocycles. The van der Waals surface area contributed by atoms with Gasteiger partial charge in [0, 0.05) is 12.0 Å². The fraction of sp³-hybridized carbons (Fsp3) is 0.556. The molecule has 1 heterocycles. The van der Waals surface area contributed by atoms with Crippen LogP contribution < -0.4 is 0 Å². The van der Waals surface area contributed by atoms with Crippen LogP contribution in [0.3, 0.4) is 0 Å². The highest BCUT2D eigenvalue weighted by molar-refractivity contribution is 5.77. The van der Waals surface area contributed by atoms with Gasteiger partial charge in [0.2, 0.25) is 0 Å². The number of halogens is 1. The average molecular weight is 319 g/mol. The van der Waals surface area contributed by atoms with Crippen molar-refractivity contribution in [3.63, 3.8) is 0 Å². The van der Waals surface area contributed by atoms with Crippen molar-refractivity contribution in [2.75, 3.05) is 13.2 Å². The monoisotopic (exact) mass is 319 g/mol. The number of rotatable bonds is 4. The molecule has 0 radical (unpaired) electrons. The van der Waals surface area contributed by atoms with E-state index >= 15 is 0 Å². The molecule has 23 heavy (non-hydrogen) atoms. The third-order valence-electron chi connectivity index (χ3n) is 4.41. The number of nitrogens with zero attached hydrogens (tertiary/aromatic N) is 1. The summed E-state index contributed by atoms with van der Waals surface area (Å²) in [5.74, 6) is -1.83. The second-order valence-electron chi connectivity index (χ2n) is 6.51. The highest BCUT2D eigenvalue weighted by Crippen LogP contribution is 2.47. The lowest BCUT2D eigenvalue weighted by Gasteiger charge is -2.46. The second-order valence-corrected chi connectivity index (χ2v) is 6.51. The van der Waals surface area contributed by atoms with E-state index in [2.05, 4.69) is 6.07 Å². The summed E-state index contributed by atoms with van der Waals surface area (Å²) in [6.45, 7) is 6.23. The minimum Gasteiger partial charge on any atom is -0.465 e. The summed E-state index contributed by atoms with van der Waals surface area (Å²) in [5.41, 5.74) is -0.445. The van der Waals surface area contributed by atoms with E-state index in [0.717, 1.165) is 5.56 Å². The van der Waals surface area contributed by atoms with Crippen LogP contribution in [-0.4, -0.2) is 24.8 Å². The Bertz CT molecular complexity index is 606. The zero-order valence-corrected chi connectivity index (χ0v) is 13.8. The predicted octanol–water partition coefficient (Wildman–Crippen LogP) is 3.36. The standard InChI is InChI=1S/C18H22FNO3/c1-4-22-16(21)15(11-20)18(9-10-23-17(2,3)12-18)13-5-7-14(19)8-6-13/h5-8,15H,4,9-10,12H2,1-3H3/t15-,18+/m1/s1. The molecule has 124 valence electrons. The van der Waals surface area contributed by atoms with E-state index in [1.165, 1.54) is 12.1 Å². The first kappa shape index (κ1) is 17.4. The Balaban J connectivity index is 2.52. The van der Waals surface area contributed by atoms with Crippen LogP contribution in [0.2, 0.25) is 0 Å². The Morgan fingerprint density at radius 3 is 2.61 bits per heavy atom. The van der Waals surface area contributed by atoms with Gasteiger partial charge in [0.15, 0.2) is 5.92 Å². The molecule has 4 nitrogen and oxygen atoms in total. The summed E-state index contributed by atoms with van der Waals surface area (Å²) in [4.78, 5) is 12.4. The minimum absolute atomic E-state index is 0.219. The number of nitriles is 1. The highest BCUT2D eigenvalue weighted by Gasteiger charge is 2.51. The van der Waals surface area contributed by atoms with E-state index in [9.17, 15) is 14.4 Å². The number of carbonyl (C=O) groups excluding carboxylic acids is 1. The van der Waals surface area contributed by atoms with Gasteiger partial charge in [0.1, 0.15) is 5.82 Å². The molecule has 1 aliphatic heterocycles. The zero-order chi connectivity index (χ0) is 17.1. The molecule has 0 amide bonds. The molecule has 0 aromatic heterocycles. The summed E-state index contributed by atoms with van der Waals surface area (Å²) in [7, 11) is 0. The molecule has 0 unspecified atom stereocenters. The van der Waals surface area contributed by atoms with Crippen LogP contribution in [0.1, 0.15) is 39.2 Å². The molecule has 2 rings (SSSR count). The normalized spacial score (nSPS) is 24.5. The topological polar surface area (TPSA) is 59.3 Å². The fourth-order valence-corrected chi connectivity index (χ4v) is 3.48. The lowest BCUT2D eigenvalue weighted by molar-refractivity contribution is -0.153. The van der Waals surface area contributed by atoms with Gasteiger partial charge < -0.3 is 9.47 Å². The maximum atomic E-state index is 13.3. The molecular formula is C18H22FNO3. The molecular weight excluding hydrogens is 297 g/mol. The first-order valence-electron chi connectivity index (χ1n) is 7.81. The van der Waals surface area contributed by atoms with E-state index < -0.39 is 22.9 Å². The number of benzene rings is 1. The number of esters is 1. The third kappa shape index (κ3) is 3.53. The lowest BCUT2D eigenvalue weighted by atomic mass is 9.62. The van der Waals surface area contributed by atoms with Crippen molar-refractivity contribution in [1.82, 2.24) is 0 Å². The molecule has 0 saturated carbocycles. The van der Waals surface area contributed by atoms with E-state index in [4.69, 9.17) is 9.47 Å². The van der Waals surface area contributed by atoms with Gasteiger partial charge in [-0.05, 0) is 51.3 Å². The van der Waals surface area contributed by atoms with Gasteiger partial charge in [-0.2, -0.15) is 5.26 Å². The van der Waals surface area contributed by atoms with Crippen LogP contribution in [-0.2, 0) is 19.7 Å². The Morgan fingerprint density at radius 1 is 1.43 bits per heavy atom. The first-order valence-corrected chi connectivity index (χ1v) is 7.81. The molecule has 1 fully saturated rings. The summed E-state index contributed by atoms with van der Waals surface area (Å²) in [5, 5.41) is 9.66. The van der Waals surface area contributed by atoms with Gasteiger partial charge >= 0.3 is 5.97 Å². The van der Waals surface area contributed by atoms with E-state index in [1.807, 2.05) is 13.8 Å². The van der Waals surface area contributed by atoms with Crippen molar-refractivity contribution in [2.45, 2.75) is 44.6 Å². The molecule has 0 N–H and O–H groups in total. The number of hydrogen-bond donors (Lipinski definition) is 0. The van der Waals surface area contributed by atoms with Crippen molar-refractivity contribution < 1.29 is 18.7 Å². The van der Waals surface area contributed by atoms with Crippen LogP contribution in [0.5, 0.6) is 0 Å². The van der Waals surface area contributed by atoms with E-state index in [0.29, 0.717) is 19.4 Å². The summed E-state index contributed by atoms with van der Waals surface area (Å²) in [6, 6.07) is 8.15. The lowest BCUT2D eigenvalue weighted by Crippen LogP contribution is -2.50. The maximum absolute atomic E-state index is 13.3. The Labute approximate surface area is 136 Å². The molecule has 1 aromatic rings. The largest absolute Gasteiger partial charge is 0.465 e. The second kappa shape index (κ2) is 6.67. The van der Waals surface area contributed by atoms with Crippen LogP contribution in [0.25, 0.3) is 0 Å². The van der Waals surface area contributed by atoms with Gasteiger partial charge in [-0.25, -0.2) is 4.39 Å². The predicted molar refractivity (Wildman–Crippen MR) is 83.1 cm³/mol. The molecule has 1 saturated heterocycles. The van der Waals surface area contributed by atoms with Crippen molar-refractivity contribution in [2.24, 2.45) is 5.92 Å². The Morgan fingerprint density at radius 2 is 2.09 bits per heavy atom. The van der Waals surface area contributed by atoms with Crippen molar-refractivity contribution in [1.29, 1.82) is 5.26 Å². The van der Waals surface area contributed by atoms with Crippen LogP contribution in [0.4, 0.5) is 4.39 Å². The smallest absolute Gasteiger partial charge is 0.324 e. The van der Waals surface area contributed by atoms with Gasteiger partial charge in [-0.15, -0.1) is 0 Å². The van der Waals surface area contributed by atoms with Gasteiger partial charge in [-0.3, -0.25) is 4.79 Å². The van der Waals surface area contributed by atoms with Gasteiger partial charge in [0.05, 0.1) is 18.3 Å². The van der Waals surface area contributed by atoms with Crippen molar-refractivity contribution >= 4 is 5.97 Å². The SMILES string of the molecule is CCOC(=O)[C@@H](C#N)[C@@]1(c2ccc(F)cc2)CCOC(C)(C)C1. The number of carbonyl (C=O) groups is 1. The molecule has 5 heteroatoms.